The average molecular weight is 363 g/mol. The van der Waals surface area contributed by atoms with Gasteiger partial charge in [0.2, 0.25) is 0 Å². The normalized spacial score (nSPS) is 20.0. The van der Waals surface area contributed by atoms with E-state index < -0.39 is 16.8 Å². The van der Waals surface area contributed by atoms with E-state index in [1.165, 1.54) is 32.4 Å². The number of methoxy groups -OCH3 is 1. The molecule has 0 bridgehead atoms. The Morgan fingerprint density at radius 3 is 2.16 bits per heavy atom. The summed E-state index contributed by atoms with van der Waals surface area (Å²) in [7, 11) is -0.0771. The van der Waals surface area contributed by atoms with Crippen LogP contribution in [0.15, 0.2) is 47.4 Å². The van der Waals surface area contributed by atoms with Crippen LogP contribution in [0.1, 0.15) is 33.1 Å². The third kappa shape index (κ3) is 5.38. The van der Waals surface area contributed by atoms with Gasteiger partial charge in [-0.25, -0.2) is 13.7 Å². The SMILES string of the molecule is CCC1CC(C)C1.COc1ccc(-c2ccc(S(N)=O)cc2)cc1F. The summed E-state index contributed by atoms with van der Waals surface area (Å²) in [6.07, 6.45) is 4.40. The van der Waals surface area contributed by atoms with E-state index in [1.54, 1.807) is 36.4 Å². The molecule has 0 heterocycles. The molecule has 2 aromatic carbocycles. The standard InChI is InChI=1S/C13H12FNO2S.C7H14/c1-17-13-7-4-10(8-12(13)14)9-2-5-11(6-3-9)18(15)16;1-3-7-4-6(2)5-7/h2-8H,15H2,1H3;6-7H,3-5H2,1-2H3. The van der Waals surface area contributed by atoms with Crippen LogP contribution >= 0.6 is 0 Å². The van der Waals surface area contributed by atoms with E-state index in [0.717, 1.165) is 23.0 Å². The number of halogens is 1. The Balaban J connectivity index is 0.000000269. The molecule has 25 heavy (non-hydrogen) atoms. The summed E-state index contributed by atoms with van der Waals surface area (Å²) in [5.74, 6) is 1.93. The van der Waals surface area contributed by atoms with E-state index in [2.05, 4.69) is 13.8 Å². The van der Waals surface area contributed by atoms with E-state index in [9.17, 15) is 8.60 Å². The highest BCUT2D eigenvalue weighted by Crippen LogP contribution is 2.34. The van der Waals surface area contributed by atoms with Crippen LogP contribution in [0.4, 0.5) is 4.39 Å². The molecule has 1 unspecified atom stereocenters. The minimum atomic E-state index is -1.50. The molecular weight excluding hydrogens is 337 g/mol. The molecule has 1 atom stereocenters. The Hall–Kier alpha value is -1.72. The highest BCUT2D eigenvalue weighted by Gasteiger charge is 2.22. The molecule has 2 N–H and O–H groups in total. The van der Waals surface area contributed by atoms with Gasteiger partial charge >= 0.3 is 0 Å². The smallest absolute Gasteiger partial charge is 0.165 e. The van der Waals surface area contributed by atoms with Crippen LogP contribution in [0.25, 0.3) is 11.1 Å². The average Bonchev–Trinajstić information content (AvgIpc) is 2.59. The van der Waals surface area contributed by atoms with Crippen LogP contribution in [0, 0.1) is 17.7 Å². The molecule has 1 saturated carbocycles. The van der Waals surface area contributed by atoms with Crippen molar-refractivity contribution in [3.63, 3.8) is 0 Å². The van der Waals surface area contributed by atoms with Gasteiger partial charge < -0.3 is 4.74 Å². The van der Waals surface area contributed by atoms with Crippen molar-refractivity contribution in [1.29, 1.82) is 0 Å². The second-order valence-electron chi connectivity index (χ2n) is 6.52. The molecule has 0 amide bonds. The molecule has 3 rings (SSSR count). The molecule has 1 fully saturated rings. The molecule has 0 radical (unpaired) electrons. The first-order valence-electron chi connectivity index (χ1n) is 8.54. The topological polar surface area (TPSA) is 52.3 Å². The summed E-state index contributed by atoms with van der Waals surface area (Å²) >= 11 is 0. The maximum Gasteiger partial charge on any atom is 0.165 e. The van der Waals surface area contributed by atoms with Crippen molar-refractivity contribution in [2.45, 2.75) is 38.0 Å². The maximum absolute atomic E-state index is 13.5. The summed E-state index contributed by atoms with van der Waals surface area (Å²) in [6.45, 7) is 4.63. The lowest BCUT2D eigenvalue weighted by Crippen LogP contribution is -2.19. The second kappa shape index (κ2) is 9.11. The van der Waals surface area contributed by atoms with Gasteiger partial charge in [0.05, 0.1) is 12.0 Å². The molecule has 1 aliphatic carbocycles. The van der Waals surface area contributed by atoms with E-state index >= 15 is 0 Å². The third-order valence-corrected chi connectivity index (χ3v) is 5.36. The van der Waals surface area contributed by atoms with Gasteiger partial charge in [-0.3, -0.25) is 0 Å². The molecule has 136 valence electrons. The highest BCUT2D eigenvalue weighted by molar-refractivity contribution is 7.82. The molecule has 0 aromatic heterocycles. The summed E-state index contributed by atoms with van der Waals surface area (Å²) in [6, 6.07) is 11.5. The van der Waals surface area contributed by atoms with Crippen molar-refractivity contribution in [2.75, 3.05) is 7.11 Å². The Morgan fingerprint density at radius 2 is 1.76 bits per heavy atom. The molecule has 0 spiro atoms. The van der Waals surface area contributed by atoms with Crippen molar-refractivity contribution >= 4 is 11.0 Å². The van der Waals surface area contributed by atoms with Gasteiger partial charge in [0.25, 0.3) is 0 Å². The molecule has 0 aliphatic heterocycles. The van der Waals surface area contributed by atoms with E-state index in [0.29, 0.717) is 4.90 Å². The summed E-state index contributed by atoms with van der Waals surface area (Å²) in [5, 5.41) is 5.26. The Morgan fingerprint density at radius 1 is 1.16 bits per heavy atom. The quantitative estimate of drug-likeness (QED) is 0.838. The van der Waals surface area contributed by atoms with Crippen LogP contribution in [-0.4, -0.2) is 11.3 Å². The molecular formula is C20H26FNO2S. The minimum absolute atomic E-state index is 0.207. The van der Waals surface area contributed by atoms with Crippen LogP contribution in [0.3, 0.4) is 0 Å². The van der Waals surface area contributed by atoms with Crippen LogP contribution in [0.2, 0.25) is 0 Å². The van der Waals surface area contributed by atoms with Crippen LogP contribution in [0.5, 0.6) is 5.75 Å². The predicted molar refractivity (Wildman–Crippen MR) is 101 cm³/mol. The lowest BCUT2D eigenvalue weighted by Gasteiger charge is -2.31. The fourth-order valence-corrected chi connectivity index (χ4v) is 3.43. The van der Waals surface area contributed by atoms with Crippen LogP contribution < -0.4 is 9.88 Å². The zero-order valence-corrected chi connectivity index (χ0v) is 15.8. The lowest BCUT2D eigenvalue weighted by atomic mass is 9.75. The molecule has 0 saturated heterocycles. The number of hydrogen-bond acceptors (Lipinski definition) is 2. The Labute approximate surface area is 152 Å². The molecule has 3 nitrogen and oxygen atoms in total. The minimum Gasteiger partial charge on any atom is -0.494 e. The zero-order chi connectivity index (χ0) is 18.4. The highest BCUT2D eigenvalue weighted by atomic mass is 32.2. The van der Waals surface area contributed by atoms with Gasteiger partial charge in [-0.05, 0) is 60.1 Å². The third-order valence-electron chi connectivity index (χ3n) is 4.62. The van der Waals surface area contributed by atoms with Gasteiger partial charge in [0.1, 0.15) is 11.0 Å². The molecule has 1 aliphatic rings. The summed E-state index contributed by atoms with van der Waals surface area (Å²) in [4.78, 5) is 0.535. The van der Waals surface area contributed by atoms with Gasteiger partial charge in [-0.2, -0.15) is 0 Å². The van der Waals surface area contributed by atoms with Crippen molar-refractivity contribution in [3.8, 4) is 16.9 Å². The van der Waals surface area contributed by atoms with Crippen LogP contribution in [-0.2, 0) is 11.0 Å². The fourth-order valence-electron chi connectivity index (χ4n) is 3.03. The number of hydrogen-bond donors (Lipinski definition) is 1. The van der Waals surface area contributed by atoms with Gasteiger partial charge in [0, 0.05) is 0 Å². The lowest BCUT2D eigenvalue weighted by molar-refractivity contribution is 0.206. The first-order chi connectivity index (χ1) is 11.9. The van der Waals surface area contributed by atoms with E-state index in [1.807, 2.05) is 0 Å². The largest absolute Gasteiger partial charge is 0.494 e. The molecule has 5 heteroatoms. The zero-order valence-electron chi connectivity index (χ0n) is 15.0. The Kier molecular flexibility index (Phi) is 7.14. The monoisotopic (exact) mass is 363 g/mol. The maximum atomic E-state index is 13.5. The number of benzene rings is 2. The number of nitrogens with two attached hydrogens (primary N) is 1. The molecule has 2 aromatic rings. The van der Waals surface area contributed by atoms with Gasteiger partial charge in [-0.1, -0.05) is 38.5 Å². The number of ether oxygens (including phenoxy) is 1. The summed E-state index contributed by atoms with van der Waals surface area (Å²) < 4.78 is 29.4. The van der Waals surface area contributed by atoms with Gasteiger partial charge in [-0.15, -0.1) is 0 Å². The van der Waals surface area contributed by atoms with Crippen molar-refractivity contribution in [2.24, 2.45) is 17.0 Å². The van der Waals surface area contributed by atoms with E-state index in [-0.39, 0.29) is 5.75 Å². The Bertz CT molecular complexity index is 712. The summed E-state index contributed by atoms with van der Waals surface area (Å²) in [5.41, 5.74) is 1.55. The van der Waals surface area contributed by atoms with Crippen molar-refractivity contribution < 1.29 is 13.3 Å². The first kappa shape index (κ1) is 19.6. The second-order valence-corrected chi connectivity index (χ2v) is 7.59. The first-order valence-corrected chi connectivity index (χ1v) is 9.76. The van der Waals surface area contributed by atoms with E-state index in [4.69, 9.17) is 9.88 Å². The predicted octanol–water partition coefficient (Wildman–Crippen LogP) is 4.93. The van der Waals surface area contributed by atoms with Crippen molar-refractivity contribution in [1.82, 2.24) is 0 Å². The number of rotatable bonds is 4. The fraction of sp³-hybridized carbons (Fsp3) is 0.400. The van der Waals surface area contributed by atoms with Crippen molar-refractivity contribution in [3.05, 3.63) is 48.3 Å². The van der Waals surface area contributed by atoms with Gasteiger partial charge in [0.15, 0.2) is 11.6 Å².